The van der Waals surface area contributed by atoms with E-state index in [0.717, 1.165) is 11.7 Å². The second-order valence-corrected chi connectivity index (χ2v) is 6.74. The molecule has 2 aliphatic rings. The zero-order chi connectivity index (χ0) is 11.9. The molecule has 1 aliphatic heterocycles. The average Bonchev–Trinajstić information content (AvgIpc) is 2.76. The van der Waals surface area contributed by atoms with Crippen LogP contribution < -0.4 is 5.32 Å². The van der Waals surface area contributed by atoms with Crippen LogP contribution >= 0.6 is 11.8 Å². The summed E-state index contributed by atoms with van der Waals surface area (Å²) >= 11 is 1.87. The van der Waals surface area contributed by atoms with Crippen molar-refractivity contribution in [2.24, 2.45) is 10.4 Å². The van der Waals surface area contributed by atoms with Crippen LogP contribution in [0.4, 0.5) is 0 Å². The quantitative estimate of drug-likeness (QED) is 0.866. The molecule has 17 heavy (non-hydrogen) atoms. The Bertz CT molecular complexity index is 439. The molecule has 1 heterocycles. The minimum absolute atomic E-state index is 0.466. The van der Waals surface area contributed by atoms with Gasteiger partial charge in [-0.05, 0) is 17.4 Å². The van der Waals surface area contributed by atoms with Crippen LogP contribution in [0, 0.1) is 5.41 Å². The largest absolute Gasteiger partial charge is 0.362 e. The Labute approximate surface area is 107 Å². The molecule has 90 valence electrons. The molecule has 0 aromatic heterocycles. The maximum atomic E-state index is 4.61. The Morgan fingerprint density at radius 1 is 1.29 bits per heavy atom. The Morgan fingerprint density at radius 3 is 2.65 bits per heavy atom. The van der Waals surface area contributed by atoms with Crippen LogP contribution in [0.3, 0.4) is 0 Å². The molecule has 2 unspecified atom stereocenters. The molecule has 0 radical (unpaired) electrons. The topological polar surface area (TPSA) is 24.4 Å². The van der Waals surface area contributed by atoms with E-state index in [0.29, 0.717) is 16.7 Å². The van der Waals surface area contributed by atoms with Crippen LogP contribution in [-0.4, -0.2) is 17.8 Å². The van der Waals surface area contributed by atoms with E-state index in [1.165, 1.54) is 12.0 Å². The van der Waals surface area contributed by atoms with Crippen molar-refractivity contribution in [2.45, 2.75) is 31.6 Å². The van der Waals surface area contributed by atoms with Crippen LogP contribution in [0.1, 0.15) is 31.1 Å². The van der Waals surface area contributed by atoms with E-state index in [1.54, 1.807) is 0 Å². The van der Waals surface area contributed by atoms with E-state index in [4.69, 9.17) is 0 Å². The molecule has 2 nitrogen and oxygen atoms in total. The Kier molecular flexibility index (Phi) is 2.66. The lowest BCUT2D eigenvalue weighted by molar-refractivity contribution is 0.596. The molecular weight excluding hydrogens is 228 g/mol. The third-order valence-corrected chi connectivity index (χ3v) is 4.81. The number of thioether (sulfide) groups is 1. The summed E-state index contributed by atoms with van der Waals surface area (Å²) in [5.74, 6) is 0. The fourth-order valence-electron chi connectivity index (χ4n) is 2.16. The minimum atomic E-state index is 0.466. The predicted octanol–water partition coefficient (Wildman–Crippen LogP) is 3.22. The first-order valence-corrected chi connectivity index (χ1v) is 7.06. The number of amidine groups is 1. The first-order chi connectivity index (χ1) is 8.15. The lowest BCUT2D eigenvalue weighted by Crippen LogP contribution is -2.24. The van der Waals surface area contributed by atoms with Crippen molar-refractivity contribution < 1.29 is 0 Å². The molecule has 1 N–H and O–H groups in total. The summed E-state index contributed by atoms with van der Waals surface area (Å²) in [5, 5.41) is 5.19. The summed E-state index contributed by atoms with van der Waals surface area (Å²) in [7, 11) is 0. The third kappa shape index (κ3) is 2.34. The minimum Gasteiger partial charge on any atom is -0.362 e. The van der Waals surface area contributed by atoms with Crippen LogP contribution in [0.25, 0.3) is 0 Å². The standard InChI is InChI=1S/C14H18N2S/c1-14(2)8-12(14)16-13-15-9-11(17-13)10-6-4-3-5-7-10/h3-7,11-12H,8-9H2,1-2H3,(H,15,16). The normalized spacial score (nSPS) is 29.9. The molecule has 1 aromatic carbocycles. The summed E-state index contributed by atoms with van der Waals surface area (Å²) in [4.78, 5) is 4.61. The van der Waals surface area contributed by atoms with E-state index >= 15 is 0 Å². The van der Waals surface area contributed by atoms with Crippen LogP contribution in [0.15, 0.2) is 35.3 Å². The monoisotopic (exact) mass is 246 g/mol. The van der Waals surface area contributed by atoms with Crippen LogP contribution in [0.2, 0.25) is 0 Å². The van der Waals surface area contributed by atoms with E-state index in [9.17, 15) is 0 Å². The molecule has 3 heteroatoms. The van der Waals surface area contributed by atoms with Crippen molar-refractivity contribution in [1.82, 2.24) is 5.32 Å². The zero-order valence-electron chi connectivity index (χ0n) is 10.3. The van der Waals surface area contributed by atoms with Crippen molar-refractivity contribution in [2.75, 3.05) is 6.54 Å². The molecule has 1 aliphatic carbocycles. The Morgan fingerprint density at radius 2 is 2.00 bits per heavy atom. The van der Waals surface area contributed by atoms with Gasteiger partial charge >= 0.3 is 0 Å². The van der Waals surface area contributed by atoms with Crippen LogP contribution in [0.5, 0.6) is 0 Å². The van der Waals surface area contributed by atoms with E-state index in [-0.39, 0.29) is 0 Å². The summed E-state index contributed by atoms with van der Waals surface area (Å²) in [6.07, 6.45) is 1.27. The molecule has 0 spiro atoms. The van der Waals surface area contributed by atoms with Crippen molar-refractivity contribution >= 4 is 16.9 Å². The van der Waals surface area contributed by atoms with Gasteiger partial charge in [0.25, 0.3) is 0 Å². The van der Waals surface area contributed by atoms with Gasteiger partial charge in [-0.2, -0.15) is 0 Å². The van der Waals surface area contributed by atoms with Gasteiger partial charge in [0.2, 0.25) is 0 Å². The Balaban J connectivity index is 1.58. The number of hydrogen-bond donors (Lipinski definition) is 1. The van der Waals surface area contributed by atoms with Gasteiger partial charge in [-0.25, -0.2) is 0 Å². The van der Waals surface area contributed by atoms with Crippen molar-refractivity contribution in [1.29, 1.82) is 0 Å². The fraction of sp³-hybridized carbons (Fsp3) is 0.500. The maximum Gasteiger partial charge on any atom is 0.157 e. The SMILES string of the molecule is CC1(C)CC1NC1=NCC(c2ccccc2)S1. The molecule has 0 saturated heterocycles. The molecule has 3 rings (SSSR count). The number of nitrogens with zero attached hydrogens (tertiary/aromatic N) is 1. The highest BCUT2D eigenvalue weighted by atomic mass is 32.2. The number of nitrogens with one attached hydrogen (secondary N) is 1. The number of hydrogen-bond acceptors (Lipinski definition) is 3. The third-order valence-electron chi connectivity index (χ3n) is 3.64. The number of aliphatic imine (C=N–C) groups is 1. The van der Waals surface area contributed by atoms with Gasteiger partial charge in [0, 0.05) is 6.04 Å². The summed E-state index contributed by atoms with van der Waals surface area (Å²) in [6, 6.07) is 11.3. The second-order valence-electron chi connectivity index (χ2n) is 5.55. The van der Waals surface area contributed by atoms with Crippen molar-refractivity contribution in [3.63, 3.8) is 0 Å². The van der Waals surface area contributed by atoms with Gasteiger partial charge < -0.3 is 5.32 Å². The van der Waals surface area contributed by atoms with Crippen molar-refractivity contribution in [3.8, 4) is 0 Å². The molecule has 1 fully saturated rings. The molecule has 2 atom stereocenters. The fourth-order valence-corrected chi connectivity index (χ4v) is 3.23. The average molecular weight is 246 g/mol. The van der Waals surface area contributed by atoms with Crippen LogP contribution in [-0.2, 0) is 0 Å². The van der Waals surface area contributed by atoms with Gasteiger partial charge in [-0.3, -0.25) is 4.99 Å². The highest BCUT2D eigenvalue weighted by Gasteiger charge is 2.46. The summed E-state index contributed by atoms with van der Waals surface area (Å²) in [5.41, 5.74) is 1.85. The van der Waals surface area contributed by atoms with Gasteiger partial charge in [0.15, 0.2) is 5.17 Å². The summed E-state index contributed by atoms with van der Waals surface area (Å²) in [6.45, 7) is 5.52. The van der Waals surface area contributed by atoms with Gasteiger partial charge in [0.05, 0.1) is 11.8 Å². The first kappa shape index (κ1) is 11.1. The molecule has 0 amide bonds. The zero-order valence-corrected chi connectivity index (χ0v) is 11.1. The molecule has 1 aromatic rings. The molecule has 1 saturated carbocycles. The maximum absolute atomic E-state index is 4.61. The van der Waals surface area contributed by atoms with Gasteiger partial charge in [-0.1, -0.05) is 55.9 Å². The molecular formula is C14H18N2S. The van der Waals surface area contributed by atoms with E-state index in [1.807, 2.05) is 11.8 Å². The highest BCUT2D eigenvalue weighted by molar-refractivity contribution is 8.14. The Hall–Kier alpha value is -0.960. The highest BCUT2D eigenvalue weighted by Crippen LogP contribution is 2.46. The smallest absolute Gasteiger partial charge is 0.157 e. The van der Waals surface area contributed by atoms with Crippen molar-refractivity contribution in [3.05, 3.63) is 35.9 Å². The van der Waals surface area contributed by atoms with E-state index in [2.05, 4.69) is 54.5 Å². The lowest BCUT2D eigenvalue weighted by atomic mass is 10.1. The van der Waals surface area contributed by atoms with E-state index < -0.39 is 0 Å². The number of rotatable bonds is 2. The second kappa shape index (κ2) is 4.05. The molecule has 0 bridgehead atoms. The van der Waals surface area contributed by atoms with Gasteiger partial charge in [0.1, 0.15) is 0 Å². The predicted molar refractivity (Wildman–Crippen MR) is 74.4 cm³/mol. The lowest BCUT2D eigenvalue weighted by Gasteiger charge is -2.10. The number of benzene rings is 1. The first-order valence-electron chi connectivity index (χ1n) is 6.18. The summed E-state index contributed by atoms with van der Waals surface area (Å²) < 4.78 is 0. The van der Waals surface area contributed by atoms with Gasteiger partial charge in [-0.15, -0.1) is 0 Å².